The maximum absolute atomic E-state index is 13.1. The largest absolute Gasteiger partial charge is 0.389 e. The van der Waals surface area contributed by atoms with Crippen LogP contribution in [0, 0.1) is 25.5 Å². The number of aromatic nitrogens is 2. The van der Waals surface area contributed by atoms with Gasteiger partial charge in [-0.25, -0.2) is 8.78 Å². The Balaban J connectivity index is 2.36. The standard InChI is InChI=1S/C14H16F2N2O/c1-8-14(10(3)19)9(2)18(17-8)7-11-4-12(15)6-13(16)5-11/h4-6,10,19H,7H2,1-3H3. The van der Waals surface area contributed by atoms with E-state index in [-0.39, 0.29) is 6.54 Å². The topological polar surface area (TPSA) is 38.0 Å². The van der Waals surface area contributed by atoms with Crippen molar-refractivity contribution in [3.05, 3.63) is 52.3 Å². The van der Waals surface area contributed by atoms with E-state index in [1.165, 1.54) is 12.1 Å². The Kier molecular flexibility index (Phi) is 3.66. The molecule has 0 bridgehead atoms. The molecule has 1 heterocycles. The van der Waals surface area contributed by atoms with Crippen LogP contribution in [0.2, 0.25) is 0 Å². The van der Waals surface area contributed by atoms with Gasteiger partial charge < -0.3 is 5.11 Å². The van der Waals surface area contributed by atoms with Crippen LogP contribution >= 0.6 is 0 Å². The second-order valence-electron chi connectivity index (χ2n) is 4.70. The highest BCUT2D eigenvalue weighted by Crippen LogP contribution is 2.22. The third kappa shape index (κ3) is 2.81. The summed E-state index contributed by atoms with van der Waals surface area (Å²) in [6.45, 7) is 5.58. The Labute approximate surface area is 110 Å². The third-order valence-corrected chi connectivity index (χ3v) is 3.11. The number of aryl methyl sites for hydroxylation is 1. The van der Waals surface area contributed by atoms with Crippen molar-refractivity contribution in [1.29, 1.82) is 0 Å². The zero-order valence-corrected chi connectivity index (χ0v) is 11.1. The molecule has 1 atom stereocenters. The molecule has 1 unspecified atom stereocenters. The molecule has 0 aliphatic heterocycles. The van der Waals surface area contributed by atoms with Crippen LogP contribution in [0.25, 0.3) is 0 Å². The molecule has 0 fully saturated rings. The fourth-order valence-electron chi connectivity index (χ4n) is 2.34. The zero-order chi connectivity index (χ0) is 14.2. The SMILES string of the molecule is Cc1nn(Cc2cc(F)cc(F)c2)c(C)c1C(C)O. The molecule has 0 radical (unpaired) electrons. The molecule has 5 heteroatoms. The van der Waals surface area contributed by atoms with Crippen LogP contribution in [0.5, 0.6) is 0 Å². The summed E-state index contributed by atoms with van der Waals surface area (Å²) in [6, 6.07) is 3.40. The summed E-state index contributed by atoms with van der Waals surface area (Å²) in [6.07, 6.45) is -0.613. The zero-order valence-electron chi connectivity index (χ0n) is 11.1. The molecule has 1 N–H and O–H groups in total. The first-order chi connectivity index (χ1) is 8.88. The van der Waals surface area contributed by atoms with Gasteiger partial charge in [0.05, 0.1) is 18.3 Å². The van der Waals surface area contributed by atoms with E-state index in [0.717, 1.165) is 23.0 Å². The van der Waals surface area contributed by atoms with E-state index in [0.29, 0.717) is 5.56 Å². The van der Waals surface area contributed by atoms with Crippen LogP contribution in [0.3, 0.4) is 0 Å². The fourth-order valence-corrected chi connectivity index (χ4v) is 2.34. The van der Waals surface area contributed by atoms with Crippen molar-refractivity contribution < 1.29 is 13.9 Å². The number of hydrogen-bond acceptors (Lipinski definition) is 2. The minimum Gasteiger partial charge on any atom is -0.389 e. The van der Waals surface area contributed by atoms with E-state index in [1.54, 1.807) is 18.5 Å². The van der Waals surface area contributed by atoms with Gasteiger partial charge in [-0.2, -0.15) is 5.10 Å². The Morgan fingerprint density at radius 3 is 2.26 bits per heavy atom. The van der Waals surface area contributed by atoms with E-state index in [1.807, 2.05) is 6.92 Å². The summed E-state index contributed by atoms with van der Waals surface area (Å²) in [7, 11) is 0. The first-order valence-electron chi connectivity index (χ1n) is 6.05. The molecular weight excluding hydrogens is 250 g/mol. The second kappa shape index (κ2) is 5.09. The summed E-state index contributed by atoms with van der Waals surface area (Å²) in [5, 5.41) is 14.0. The minimum atomic E-state index is -0.613. The molecule has 0 saturated carbocycles. The van der Waals surface area contributed by atoms with Crippen LogP contribution in [-0.2, 0) is 6.54 Å². The molecule has 19 heavy (non-hydrogen) atoms. The highest BCUT2D eigenvalue weighted by molar-refractivity contribution is 5.28. The van der Waals surface area contributed by atoms with Gasteiger partial charge in [-0.05, 0) is 38.5 Å². The predicted molar refractivity (Wildman–Crippen MR) is 67.8 cm³/mol. The molecule has 0 aliphatic rings. The first-order valence-corrected chi connectivity index (χ1v) is 6.05. The summed E-state index contributed by atoms with van der Waals surface area (Å²) in [5.74, 6) is -1.21. The summed E-state index contributed by atoms with van der Waals surface area (Å²) in [5.41, 5.74) is 2.79. The normalized spacial score (nSPS) is 12.7. The Morgan fingerprint density at radius 2 is 1.79 bits per heavy atom. The van der Waals surface area contributed by atoms with Crippen molar-refractivity contribution in [2.75, 3.05) is 0 Å². The molecule has 2 aromatic rings. The predicted octanol–water partition coefficient (Wildman–Crippen LogP) is 2.88. The average molecular weight is 266 g/mol. The summed E-state index contributed by atoms with van der Waals surface area (Å²) in [4.78, 5) is 0. The van der Waals surface area contributed by atoms with Crippen LogP contribution in [0.1, 0.15) is 35.5 Å². The van der Waals surface area contributed by atoms with Crippen LogP contribution < -0.4 is 0 Å². The number of aliphatic hydroxyl groups is 1. The van der Waals surface area contributed by atoms with E-state index < -0.39 is 17.7 Å². The lowest BCUT2D eigenvalue weighted by atomic mass is 10.1. The number of rotatable bonds is 3. The van der Waals surface area contributed by atoms with Gasteiger partial charge >= 0.3 is 0 Å². The van der Waals surface area contributed by atoms with Gasteiger partial charge in [-0.1, -0.05) is 0 Å². The van der Waals surface area contributed by atoms with Crippen LogP contribution in [0.4, 0.5) is 8.78 Å². The third-order valence-electron chi connectivity index (χ3n) is 3.11. The quantitative estimate of drug-likeness (QED) is 0.927. The number of nitrogens with zero attached hydrogens (tertiary/aromatic N) is 2. The molecule has 0 saturated heterocycles. The first kappa shape index (κ1) is 13.7. The Morgan fingerprint density at radius 1 is 1.21 bits per heavy atom. The van der Waals surface area contributed by atoms with E-state index in [4.69, 9.17) is 0 Å². The van der Waals surface area contributed by atoms with Gasteiger partial charge in [0.15, 0.2) is 0 Å². The van der Waals surface area contributed by atoms with Gasteiger partial charge in [-0.15, -0.1) is 0 Å². The van der Waals surface area contributed by atoms with Gasteiger partial charge in [0.25, 0.3) is 0 Å². The lowest BCUT2D eigenvalue weighted by Gasteiger charge is -2.07. The fraction of sp³-hybridized carbons (Fsp3) is 0.357. The average Bonchev–Trinajstić information content (AvgIpc) is 2.52. The molecule has 1 aromatic heterocycles. The molecule has 3 nitrogen and oxygen atoms in total. The van der Waals surface area contributed by atoms with Crippen molar-refractivity contribution in [3.63, 3.8) is 0 Å². The molecule has 0 amide bonds. The second-order valence-corrected chi connectivity index (χ2v) is 4.70. The van der Waals surface area contributed by atoms with Crippen molar-refractivity contribution in [2.45, 2.75) is 33.4 Å². The molecule has 2 rings (SSSR count). The molecule has 0 spiro atoms. The maximum atomic E-state index is 13.1. The highest BCUT2D eigenvalue weighted by Gasteiger charge is 2.15. The van der Waals surface area contributed by atoms with Crippen molar-refractivity contribution in [1.82, 2.24) is 9.78 Å². The van der Waals surface area contributed by atoms with Crippen molar-refractivity contribution >= 4 is 0 Å². The summed E-state index contributed by atoms with van der Waals surface area (Å²) >= 11 is 0. The smallest absolute Gasteiger partial charge is 0.126 e. The highest BCUT2D eigenvalue weighted by atomic mass is 19.1. The van der Waals surface area contributed by atoms with E-state index in [2.05, 4.69) is 5.10 Å². The van der Waals surface area contributed by atoms with Gasteiger partial charge in [0.2, 0.25) is 0 Å². The Bertz CT molecular complexity index is 585. The van der Waals surface area contributed by atoms with Crippen LogP contribution in [-0.4, -0.2) is 14.9 Å². The van der Waals surface area contributed by atoms with Gasteiger partial charge in [0.1, 0.15) is 11.6 Å². The molecule has 102 valence electrons. The van der Waals surface area contributed by atoms with Crippen LogP contribution in [0.15, 0.2) is 18.2 Å². The van der Waals surface area contributed by atoms with E-state index in [9.17, 15) is 13.9 Å². The molecular formula is C14H16F2N2O. The van der Waals surface area contributed by atoms with Crippen molar-refractivity contribution in [2.24, 2.45) is 0 Å². The lowest BCUT2D eigenvalue weighted by Crippen LogP contribution is -2.05. The maximum Gasteiger partial charge on any atom is 0.126 e. The Hall–Kier alpha value is -1.75. The summed E-state index contributed by atoms with van der Waals surface area (Å²) < 4.78 is 27.9. The number of benzene rings is 1. The monoisotopic (exact) mass is 266 g/mol. The number of halogens is 2. The van der Waals surface area contributed by atoms with E-state index >= 15 is 0 Å². The number of aliphatic hydroxyl groups excluding tert-OH is 1. The number of hydrogen-bond donors (Lipinski definition) is 1. The molecule has 1 aromatic carbocycles. The molecule has 0 aliphatic carbocycles. The lowest BCUT2D eigenvalue weighted by molar-refractivity contribution is 0.197. The minimum absolute atomic E-state index is 0.272. The van der Waals surface area contributed by atoms with Gasteiger partial charge in [-0.3, -0.25) is 4.68 Å². The van der Waals surface area contributed by atoms with Crippen molar-refractivity contribution in [3.8, 4) is 0 Å². The van der Waals surface area contributed by atoms with Gasteiger partial charge in [0, 0.05) is 17.3 Å².